The third-order valence-electron chi connectivity index (χ3n) is 7.62. The van der Waals surface area contributed by atoms with Gasteiger partial charge in [0.2, 0.25) is 0 Å². The molecule has 6 saturated carbocycles. The van der Waals surface area contributed by atoms with Crippen LogP contribution in [-0.4, -0.2) is 25.7 Å². The van der Waals surface area contributed by atoms with Crippen molar-refractivity contribution in [2.45, 2.75) is 0 Å². The highest BCUT2D eigenvalue weighted by molar-refractivity contribution is 5.90. The van der Waals surface area contributed by atoms with Crippen molar-refractivity contribution < 1.29 is 19.1 Å². The molecule has 1 aromatic rings. The van der Waals surface area contributed by atoms with E-state index in [4.69, 9.17) is 9.47 Å². The maximum atomic E-state index is 12.1. The lowest BCUT2D eigenvalue weighted by Gasteiger charge is -2.55. The van der Waals surface area contributed by atoms with Crippen molar-refractivity contribution in [3.63, 3.8) is 0 Å². The van der Waals surface area contributed by atoms with E-state index in [0.29, 0.717) is 47.7 Å². The van der Waals surface area contributed by atoms with E-state index in [1.54, 1.807) is 12.1 Å². The van der Waals surface area contributed by atoms with Crippen molar-refractivity contribution in [2.75, 3.05) is 13.7 Å². The Balaban J connectivity index is 1.18. The summed E-state index contributed by atoms with van der Waals surface area (Å²) >= 11 is 0. The zero-order valence-electron chi connectivity index (χ0n) is 12.2. The molecule has 0 amide bonds. The second kappa shape index (κ2) is 3.10. The van der Waals surface area contributed by atoms with Crippen LogP contribution in [0.4, 0.5) is 0 Å². The van der Waals surface area contributed by atoms with Gasteiger partial charge in [0.15, 0.2) is 0 Å². The first-order valence-corrected chi connectivity index (χ1v) is 8.01. The molecule has 112 valence electrons. The van der Waals surface area contributed by atoms with Crippen LogP contribution in [0, 0.1) is 46.3 Å². The smallest absolute Gasteiger partial charge is 0.338 e. The first-order chi connectivity index (χ1) is 10.7. The lowest BCUT2D eigenvalue weighted by atomic mass is 9.47. The Morgan fingerprint density at radius 1 is 1.00 bits per heavy atom. The Bertz CT molecular complexity index is 731. The summed E-state index contributed by atoms with van der Waals surface area (Å²) in [6, 6.07) is 9.16. The molecule has 8 unspecified atom stereocenters. The minimum Gasteiger partial charge on any atom is -0.469 e. The van der Waals surface area contributed by atoms with Gasteiger partial charge in [0, 0.05) is 5.41 Å². The van der Waals surface area contributed by atoms with Crippen LogP contribution in [0.2, 0.25) is 0 Å². The van der Waals surface area contributed by atoms with Gasteiger partial charge in [0.25, 0.3) is 0 Å². The lowest BCUT2D eigenvalue weighted by Crippen LogP contribution is -2.59. The van der Waals surface area contributed by atoms with Crippen LogP contribution in [0.3, 0.4) is 0 Å². The second-order valence-corrected chi connectivity index (χ2v) is 7.63. The third kappa shape index (κ3) is 0.832. The molecule has 0 aromatic heterocycles. The van der Waals surface area contributed by atoms with Gasteiger partial charge in [-0.05, 0) is 47.6 Å². The molecule has 4 nitrogen and oxygen atoms in total. The Morgan fingerprint density at radius 3 is 2.14 bits per heavy atom. The van der Waals surface area contributed by atoms with Crippen molar-refractivity contribution in [3.8, 4) is 0 Å². The molecule has 7 rings (SSSR count). The molecular weight excluding hydrogens is 280 g/mol. The number of rotatable bonds is 4. The largest absolute Gasteiger partial charge is 0.469 e. The predicted octanol–water partition coefficient (Wildman–Crippen LogP) is 1.75. The zero-order valence-corrected chi connectivity index (χ0v) is 12.2. The fourth-order valence-electron chi connectivity index (χ4n) is 7.22. The van der Waals surface area contributed by atoms with E-state index in [9.17, 15) is 9.59 Å². The van der Waals surface area contributed by atoms with Gasteiger partial charge in [-0.25, -0.2) is 4.79 Å². The zero-order chi connectivity index (χ0) is 14.9. The molecular formula is C18H16O4. The van der Waals surface area contributed by atoms with Gasteiger partial charge in [-0.15, -0.1) is 0 Å². The molecule has 22 heavy (non-hydrogen) atoms. The first kappa shape index (κ1) is 11.7. The molecule has 1 aromatic carbocycles. The highest BCUT2D eigenvalue weighted by Gasteiger charge is 3.11. The van der Waals surface area contributed by atoms with Crippen molar-refractivity contribution in [1.29, 1.82) is 0 Å². The average Bonchev–Trinajstić information content (AvgIpc) is 3.28. The fraction of sp³-hybridized carbons (Fsp3) is 0.556. The topological polar surface area (TPSA) is 52.6 Å². The normalized spacial score (nSPS) is 52.8. The van der Waals surface area contributed by atoms with Crippen molar-refractivity contribution in [3.05, 3.63) is 35.9 Å². The highest BCUT2D eigenvalue weighted by Crippen LogP contribution is 3.10. The maximum Gasteiger partial charge on any atom is 0.338 e. The van der Waals surface area contributed by atoms with Crippen LogP contribution in [0.5, 0.6) is 0 Å². The molecule has 0 radical (unpaired) electrons. The van der Waals surface area contributed by atoms with E-state index in [0.717, 1.165) is 0 Å². The van der Waals surface area contributed by atoms with Gasteiger partial charge in [-0.2, -0.15) is 0 Å². The van der Waals surface area contributed by atoms with E-state index in [2.05, 4.69) is 0 Å². The van der Waals surface area contributed by atoms with Gasteiger partial charge in [-0.1, -0.05) is 18.2 Å². The van der Waals surface area contributed by atoms with Crippen LogP contribution >= 0.6 is 0 Å². The summed E-state index contributed by atoms with van der Waals surface area (Å²) in [5.74, 6) is 3.27. The van der Waals surface area contributed by atoms with Crippen LogP contribution < -0.4 is 0 Å². The van der Waals surface area contributed by atoms with E-state index >= 15 is 0 Å². The number of carbonyl (C=O) groups is 2. The summed E-state index contributed by atoms with van der Waals surface area (Å²) in [5.41, 5.74) is 0.755. The Kier molecular flexibility index (Phi) is 1.65. The molecule has 0 spiro atoms. The molecule has 6 aliphatic carbocycles. The van der Waals surface area contributed by atoms with Gasteiger partial charge in [0.05, 0.1) is 24.7 Å². The summed E-state index contributed by atoms with van der Waals surface area (Å²) < 4.78 is 10.6. The molecule has 0 N–H and O–H groups in total. The minimum absolute atomic E-state index is 0.0193. The van der Waals surface area contributed by atoms with Crippen molar-refractivity contribution in [2.24, 2.45) is 46.3 Å². The monoisotopic (exact) mass is 296 g/mol. The number of esters is 2. The number of methoxy groups -OCH3 is 1. The molecule has 6 fully saturated rings. The number of carbonyl (C=O) groups excluding carboxylic acids is 2. The van der Waals surface area contributed by atoms with Crippen LogP contribution in [0.25, 0.3) is 0 Å². The highest BCUT2D eigenvalue weighted by atomic mass is 16.5. The number of benzene rings is 1. The van der Waals surface area contributed by atoms with E-state index in [1.165, 1.54) is 7.11 Å². The molecule has 8 atom stereocenters. The predicted molar refractivity (Wildman–Crippen MR) is 74.5 cm³/mol. The summed E-state index contributed by atoms with van der Waals surface area (Å²) in [7, 11) is 1.50. The summed E-state index contributed by atoms with van der Waals surface area (Å²) in [6.45, 7) is 0.543. The van der Waals surface area contributed by atoms with Crippen LogP contribution in [0.1, 0.15) is 10.4 Å². The molecule has 4 heteroatoms. The van der Waals surface area contributed by atoms with Crippen LogP contribution in [-0.2, 0) is 14.3 Å². The molecule has 0 saturated heterocycles. The fourth-order valence-corrected chi connectivity index (χ4v) is 7.22. The first-order valence-electron chi connectivity index (χ1n) is 8.01. The number of ether oxygens (including phenoxy) is 2. The average molecular weight is 296 g/mol. The Hall–Kier alpha value is -1.84. The number of hydrogen-bond acceptors (Lipinski definition) is 4. The summed E-state index contributed by atoms with van der Waals surface area (Å²) in [6.07, 6.45) is 0. The van der Waals surface area contributed by atoms with Gasteiger partial charge in [-0.3, -0.25) is 4.79 Å². The van der Waals surface area contributed by atoms with Gasteiger partial charge >= 0.3 is 11.9 Å². The molecule has 0 bridgehead atoms. The van der Waals surface area contributed by atoms with Crippen molar-refractivity contribution >= 4 is 11.9 Å². The molecule has 6 aliphatic rings. The van der Waals surface area contributed by atoms with Crippen LogP contribution in [0.15, 0.2) is 30.3 Å². The Morgan fingerprint density at radius 2 is 1.59 bits per heavy atom. The number of hydrogen-bond donors (Lipinski definition) is 0. The maximum absolute atomic E-state index is 12.1. The standard InChI is InChI=1S/C18H16O4/c1-21-16(20)18-12-9-10-13(18)14(18)11(12)17(9,10)7-22-15(19)8-5-3-2-4-6-8/h2-6,9-14H,7H2,1H3. The molecule has 0 heterocycles. The summed E-state index contributed by atoms with van der Waals surface area (Å²) in [5, 5.41) is 0. The third-order valence-corrected chi connectivity index (χ3v) is 7.62. The van der Waals surface area contributed by atoms with Gasteiger partial charge < -0.3 is 9.47 Å². The Labute approximate surface area is 127 Å². The van der Waals surface area contributed by atoms with Crippen molar-refractivity contribution in [1.82, 2.24) is 0 Å². The van der Waals surface area contributed by atoms with E-state index in [-0.39, 0.29) is 22.8 Å². The molecule has 0 aliphatic heterocycles. The SMILES string of the molecule is COC(=O)C12C3C4C5C1C2C3C45COC(=O)c1ccccc1. The van der Waals surface area contributed by atoms with Gasteiger partial charge in [0.1, 0.15) is 0 Å². The minimum atomic E-state index is -0.225. The van der Waals surface area contributed by atoms with E-state index < -0.39 is 0 Å². The lowest BCUT2D eigenvalue weighted by molar-refractivity contribution is -0.179. The quantitative estimate of drug-likeness (QED) is 0.794. The van der Waals surface area contributed by atoms with E-state index in [1.807, 2.05) is 18.2 Å². The second-order valence-electron chi connectivity index (χ2n) is 7.63. The summed E-state index contributed by atoms with van der Waals surface area (Å²) in [4.78, 5) is 24.1.